The largest absolute Gasteiger partial charge is 0.481 e. The molecular formula is C14H10Cl2O2. The molecule has 0 heterocycles. The molecule has 0 aliphatic carbocycles. The molecule has 2 rings (SSSR count). The van der Waals surface area contributed by atoms with Crippen LogP contribution in [0.5, 0.6) is 0 Å². The minimum Gasteiger partial charge on any atom is -0.481 e. The van der Waals surface area contributed by atoms with Gasteiger partial charge in [0, 0.05) is 15.6 Å². The highest BCUT2D eigenvalue weighted by atomic mass is 35.5. The number of carboxylic acids is 1. The van der Waals surface area contributed by atoms with Crippen molar-refractivity contribution < 1.29 is 9.90 Å². The van der Waals surface area contributed by atoms with Crippen LogP contribution in [0.4, 0.5) is 0 Å². The molecule has 2 nitrogen and oxygen atoms in total. The highest BCUT2D eigenvalue weighted by Crippen LogP contribution is 2.29. The molecule has 0 aliphatic heterocycles. The van der Waals surface area contributed by atoms with Crippen molar-refractivity contribution in [3.8, 4) is 11.1 Å². The van der Waals surface area contributed by atoms with Crippen molar-refractivity contribution in [2.45, 2.75) is 6.42 Å². The molecule has 0 radical (unpaired) electrons. The van der Waals surface area contributed by atoms with Gasteiger partial charge >= 0.3 is 5.97 Å². The lowest BCUT2D eigenvalue weighted by Gasteiger charge is -2.07. The summed E-state index contributed by atoms with van der Waals surface area (Å²) >= 11 is 12.0. The van der Waals surface area contributed by atoms with Crippen molar-refractivity contribution in [1.82, 2.24) is 0 Å². The van der Waals surface area contributed by atoms with E-state index in [9.17, 15) is 4.79 Å². The third-order valence-electron chi connectivity index (χ3n) is 2.54. The summed E-state index contributed by atoms with van der Waals surface area (Å²) in [7, 11) is 0. The van der Waals surface area contributed by atoms with Crippen LogP contribution < -0.4 is 0 Å². The van der Waals surface area contributed by atoms with E-state index in [2.05, 4.69) is 0 Å². The van der Waals surface area contributed by atoms with Crippen molar-refractivity contribution >= 4 is 29.2 Å². The van der Waals surface area contributed by atoms with Crippen LogP contribution in [-0.2, 0) is 11.2 Å². The summed E-state index contributed by atoms with van der Waals surface area (Å²) in [6.07, 6.45) is -0.0161. The zero-order valence-electron chi connectivity index (χ0n) is 9.36. The van der Waals surface area contributed by atoms with Gasteiger partial charge in [-0.15, -0.1) is 0 Å². The van der Waals surface area contributed by atoms with Crippen LogP contribution in [0.3, 0.4) is 0 Å². The van der Waals surface area contributed by atoms with E-state index in [-0.39, 0.29) is 6.42 Å². The van der Waals surface area contributed by atoms with Gasteiger partial charge in [-0.2, -0.15) is 0 Å². The molecule has 0 fully saturated rings. The van der Waals surface area contributed by atoms with Crippen LogP contribution >= 0.6 is 23.2 Å². The molecule has 18 heavy (non-hydrogen) atoms. The van der Waals surface area contributed by atoms with Gasteiger partial charge in [-0.3, -0.25) is 4.79 Å². The first-order valence-corrected chi connectivity index (χ1v) is 6.08. The summed E-state index contributed by atoms with van der Waals surface area (Å²) in [5.41, 5.74) is 2.44. The van der Waals surface area contributed by atoms with Gasteiger partial charge in [-0.25, -0.2) is 0 Å². The fourth-order valence-corrected chi connectivity index (χ4v) is 2.06. The number of rotatable bonds is 3. The number of carboxylic acid groups (broad SMARTS) is 1. The molecule has 92 valence electrons. The van der Waals surface area contributed by atoms with Gasteiger partial charge < -0.3 is 5.11 Å². The lowest BCUT2D eigenvalue weighted by Crippen LogP contribution is -2.00. The van der Waals surface area contributed by atoms with Crippen LogP contribution in [0.2, 0.25) is 10.0 Å². The van der Waals surface area contributed by atoms with Crippen molar-refractivity contribution in [3.63, 3.8) is 0 Å². The first-order chi connectivity index (χ1) is 8.56. The summed E-state index contributed by atoms with van der Waals surface area (Å²) in [5, 5.41) is 10.0. The van der Waals surface area contributed by atoms with Gasteiger partial charge in [0.25, 0.3) is 0 Å². The summed E-state index contributed by atoms with van der Waals surface area (Å²) < 4.78 is 0. The molecule has 2 aromatic rings. The Balaban J connectivity index is 2.42. The summed E-state index contributed by atoms with van der Waals surface area (Å²) in [6, 6.07) is 12.5. The third-order valence-corrected chi connectivity index (χ3v) is 3.12. The lowest BCUT2D eigenvalue weighted by molar-refractivity contribution is -0.136. The second kappa shape index (κ2) is 5.42. The van der Waals surface area contributed by atoms with E-state index in [0.717, 1.165) is 16.7 Å². The van der Waals surface area contributed by atoms with Crippen LogP contribution in [-0.4, -0.2) is 11.1 Å². The first kappa shape index (κ1) is 12.9. The van der Waals surface area contributed by atoms with E-state index in [1.165, 1.54) is 0 Å². The highest BCUT2D eigenvalue weighted by Gasteiger charge is 2.07. The fourth-order valence-electron chi connectivity index (χ4n) is 1.71. The Morgan fingerprint density at radius 1 is 1.06 bits per heavy atom. The van der Waals surface area contributed by atoms with Crippen LogP contribution in [0.25, 0.3) is 11.1 Å². The Morgan fingerprint density at radius 3 is 2.33 bits per heavy atom. The number of carbonyl (C=O) groups is 1. The van der Waals surface area contributed by atoms with Gasteiger partial charge in [0.1, 0.15) is 0 Å². The van der Waals surface area contributed by atoms with E-state index in [1.807, 2.05) is 12.1 Å². The topological polar surface area (TPSA) is 37.3 Å². The molecule has 4 heteroatoms. The van der Waals surface area contributed by atoms with Gasteiger partial charge in [-0.1, -0.05) is 41.4 Å². The molecule has 0 atom stereocenters. The van der Waals surface area contributed by atoms with Crippen LogP contribution in [0, 0.1) is 0 Å². The molecule has 0 amide bonds. The van der Waals surface area contributed by atoms with E-state index < -0.39 is 5.97 Å². The Kier molecular flexibility index (Phi) is 3.90. The average Bonchev–Trinajstić information content (AvgIpc) is 2.32. The molecule has 0 spiro atoms. The monoisotopic (exact) mass is 280 g/mol. The quantitative estimate of drug-likeness (QED) is 0.911. The third kappa shape index (κ3) is 3.03. The highest BCUT2D eigenvalue weighted by molar-refractivity contribution is 6.33. The first-order valence-electron chi connectivity index (χ1n) is 5.32. The maximum atomic E-state index is 10.7. The van der Waals surface area contributed by atoms with Gasteiger partial charge in [0.05, 0.1) is 6.42 Å². The average molecular weight is 281 g/mol. The SMILES string of the molecule is O=C(O)Cc1ccc(Cl)c(-c2ccc(Cl)cc2)c1. The molecule has 0 aromatic heterocycles. The minimum absolute atomic E-state index is 0.0161. The smallest absolute Gasteiger partial charge is 0.307 e. The van der Waals surface area contributed by atoms with Crippen molar-refractivity contribution in [2.75, 3.05) is 0 Å². The van der Waals surface area contributed by atoms with E-state index in [4.69, 9.17) is 28.3 Å². The van der Waals surface area contributed by atoms with Crippen molar-refractivity contribution in [3.05, 3.63) is 58.1 Å². The Bertz CT molecular complexity index is 577. The predicted octanol–water partition coefficient (Wildman–Crippen LogP) is 4.29. The van der Waals surface area contributed by atoms with Crippen molar-refractivity contribution in [1.29, 1.82) is 0 Å². The second-order valence-corrected chi connectivity index (χ2v) is 4.74. The second-order valence-electron chi connectivity index (χ2n) is 3.89. The number of halogens is 2. The number of hydrogen-bond acceptors (Lipinski definition) is 1. The number of hydrogen-bond donors (Lipinski definition) is 1. The van der Waals surface area contributed by atoms with E-state index >= 15 is 0 Å². The van der Waals surface area contributed by atoms with Crippen LogP contribution in [0.15, 0.2) is 42.5 Å². The molecule has 0 aliphatic rings. The fraction of sp³-hybridized carbons (Fsp3) is 0.0714. The Morgan fingerprint density at radius 2 is 1.72 bits per heavy atom. The molecule has 2 aromatic carbocycles. The summed E-state index contributed by atoms with van der Waals surface area (Å²) in [6.45, 7) is 0. The number of aliphatic carboxylic acids is 1. The zero-order valence-corrected chi connectivity index (χ0v) is 10.9. The summed E-state index contributed by atoms with van der Waals surface area (Å²) in [5.74, 6) is -0.862. The van der Waals surface area contributed by atoms with Crippen LogP contribution in [0.1, 0.15) is 5.56 Å². The van der Waals surface area contributed by atoms with Gasteiger partial charge in [0.15, 0.2) is 0 Å². The van der Waals surface area contributed by atoms with E-state index in [0.29, 0.717) is 10.0 Å². The molecule has 0 bridgehead atoms. The summed E-state index contributed by atoms with van der Waals surface area (Å²) in [4.78, 5) is 10.7. The lowest BCUT2D eigenvalue weighted by atomic mass is 10.0. The standard InChI is InChI=1S/C14H10Cl2O2/c15-11-4-2-10(3-5-11)12-7-9(8-14(17)18)1-6-13(12)16/h1-7H,8H2,(H,17,18). The normalized spacial score (nSPS) is 10.3. The number of benzene rings is 2. The molecule has 0 unspecified atom stereocenters. The predicted molar refractivity (Wildman–Crippen MR) is 73.2 cm³/mol. The molecule has 0 saturated heterocycles. The maximum Gasteiger partial charge on any atom is 0.307 e. The Hall–Kier alpha value is -1.51. The maximum absolute atomic E-state index is 10.7. The molecule has 1 N–H and O–H groups in total. The van der Waals surface area contributed by atoms with Gasteiger partial charge in [0.2, 0.25) is 0 Å². The molecule has 0 saturated carbocycles. The van der Waals surface area contributed by atoms with Gasteiger partial charge in [-0.05, 0) is 35.4 Å². The molecular weight excluding hydrogens is 271 g/mol. The van der Waals surface area contributed by atoms with E-state index in [1.54, 1.807) is 30.3 Å². The minimum atomic E-state index is -0.862. The Labute approximate surface area is 115 Å². The zero-order chi connectivity index (χ0) is 13.1. The van der Waals surface area contributed by atoms with Crippen molar-refractivity contribution in [2.24, 2.45) is 0 Å².